The number of nitrogen functional groups attached to an aromatic ring is 1. The second-order valence-electron chi connectivity index (χ2n) is 9.77. The van der Waals surface area contributed by atoms with E-state index in [1.165, 1.54) is 57.9 Å². The molecule has 0 unspecified atom stereocenters. The SMILES string of the molecule is Cc1cnc(NS(=O)(=O)c2ccc(N)cc2)nc1.c1ccc([P+](c2ccccc2)(c2ccccc2)c2ccccc2)cc1. The minimum atomic E-state index is -3.67. The van der Waals surface area contributed by atoms with Crippen LogP contribution in [0, 0.1) is 6.92 Å². The van der Waals surface area contributed by atoms with E-state index in [-0.39, 0.29) is 10.8 Å². The van der Waals surface area contributed by atoms with Gasteiger partial charge in [-0.15, -0.1) is 0 Å². The summed E-state index contributed by atoms with van der Waals surface area (Å²) in [6.45, 7) is 1.82. The number of nitrogens with zero attached hydrogens (tertiary/aromatic N) is 2. The van der Waals surface area contributed by atoms with Gasteiger partial charge in [-0.2, -0.15) is 0 Å². The molecule has 8 heteroatoms. The van der Waals surface area contributed by atoms with Gasteiger partial charge >= 0.3 is 0 Å². The summed E-state index contributed by atoms with van der Waals surface area (Å²) in [6, 6.07) is 49.7. The first-order valence-electron chi connectivity index (χ1n) is 13.7. The Morgan fingerprint density at radius 2 is 0.907 bits per heavy atom. The molecule has 0 amide bonds. The lowest BCUT2D eigenvalue weighted by Gasteiger charge is -2.27. The second kappa shape index (κ2) is 13.4. The summed E-state index contributed by atoms with van der Waals surface area (Å²) < 4.78 is 26.2. The normalized spacial score (nSPS) is 11.2. The van der Waals surface area contributed by atoms with Crippen LogP contribution >= 0.6 is 7.26 Å². The van der Waals surface area contributed by atoms with E-state index < -0.39 is 17.3 Å². The summed E-state index contributed by atoms with van der Waals surface area (Å²) in [5.41, 5.74) is 6.85. The average molecular weight is 604 g/mol. The molecule has 0 spiro atoms. The lowest BCUT2D eigenvalue weighted by atomic mass is 10.3. The van der Waals surface area contributed by atoms with Crippen molar-refractivity contribution >= 4 is 50.1 Å². The van der Waals surface area contributed by atoms with Crippen LogP contribution in [0.2, 0.25) is 0 Å². The summed E-state index contributed by atoms with van der Waals surface area (Å²) in [4.78, 5) is 7.87. The van der Waals surface area contributed by atoms with Gasteiger partial charge in [-0.1, -0.05) is 72.8 Å². The molecule has 0 aliphatic rings. The Morgan fingerprint density at radius 3 is 1.26 bits per heavy atom. The zero-order valence-electron chi connectivity index (χ0n) is 23.7. The molecule has 5 aromatic carbocycles. The van der Waals surface area contributed by atoms with E-state index in [9.17, 15) is 8.42 Å². The van der Waals surface area contributed by atoms with Crippen molar-refractivity contribution in [2.45, 2.75) is 11.8 Å². The maximum atomic E-state index is 12.0. The van der Waals surface area contributed by atoms with Gasteiger partial charge in [0.05, 0.1) is 4.90 Å². The fraction of sp³-hybridized carbons (Fsp3) is 0.0286. The highest BCUT2D eigenvalue weighted by molar-refractivity contribution is 8.01. The Hall–Kier alpha value is -4.84. The molecule has 0 fully saturated rings. The summed E-state index contributed by atoms with van der Waals surface area (Å²) in [6.07, 6.45) is 3.07. The molecule has 43 heavy (non-hydrogen) atoms. The molecule has 0 saturated heterocycles. The van der Waals surface area contributed by atoms with Crippen LogP contribution < -0.4 is 31.7 Å². The van der Waals surface area contributed by atoms with Crippen molar-refractivity contribution in [3.8, 4) is 0 Å². The Kier molecular flexibility index (Phi) is 9.26. The van der Waals surface area contributed by atoms with Crippen LogP contribution in [-0.4, -0.2) is 18.4 Å². The molecule has 6 nitrogen and oxygen atoms in total. The second-order valence-corrected chi connectivity index (χ2v) is 14.9. The van der Waals surface area contributed by atoms with E-state index in [0.29, 0.717) is 5.69 Å². The molecule has 0 saturated carbocycles. The lowest BCUT2D eigenvalue weighted by molar-refractivity contribution is 0.601. The molecule has 0 radical (unpaired) electrons. The zero-order valence-corrected chi connectivity index (χ0v) is 25.4. The topological polar surface area (TPSA) is 98.0 Å². The third-order valence-corrected chi connectivity index (χ3v) is 12.4. The first-order chi connectivity index (χ1) is 20.9. The Labute approximate surface area is 253 Å². The van der Waals surface area contributed by atoms with Gasteiger partial charge in [0.1, 0.15) is 28.5 Å². The maximum absolute atomic E-state index is 12.0. The summed E-state index contributed by atoms with van der Waals surface area (Å²) in [7, 11) is -5.58. The van der Waals surface area contributed by atoms with E-state index in [1.807, 2.05) is 6.92 Å². The van der Waals surface area contributed by atoms with Crippen molar-refractivity contribution in [3.05, 3.63) is 164 Å². The number of aromatic nitrogens is 2. The average Bonchev–Trinajstić information content (AvgIpc) is 3.05. The molecule has 3 N–H and O–H groups in total. The standard InChI is InChI=1S/C24H20P.C11H12N4O2S/c1-5-13-21(14-6-1)25(22-15-7-2-8-16-22,23-17-9-3-10-18-23)24-19-11-4-12-20-24;1-8-6-13-11(14-7-8)15-18(16,17)10-4-2-9(12)3-5-10/h1-20H;2-7H,12H2,1H3,(H,13,14,15)/q+1;. The van der Waals surface area contributed by atoms with Gasteiger partial charge in [0, 0.05) is 18.1 Å². The monoisotopic (exact) mass is 603 g/mol. The van der Waals surface area contributed by atoms with Crippen LogP contribution in [0.1, 0.15) is 5.56 Å². The quantitative estimate of drug-likeness (QED) is 0.186. The highest BCUT2D eigenvalue weighted by atomic mass is 32.2. The van der Waals surface area contributed by atoms with Crippen molar-refractivity contribution in [1.29, 1.82) is 0 Å². The van der Waals surface area contributed by atoms with Crippen molar-refractivity contribution < 1.29 is 8.42 Å². The molecule has 6 rings (SSSR count). The first-order valence-corrected chi connectivity index (χ1v) is 17.0. The molecule has 0 atom stereocenters. The minimum Gasteiger partial charge on any atom is -0.399 e. The van der Waals surface area contributed by atoms with Crippen LogP contribution in [-0.2, 0) is 10.0 Å². The molecular weight excluding hydrogens is 571 g/mol. The van der Waals surface area contributed by atoms with E-state index in [2.05, 4.69) is 136 Å². The van der Waals surface area contributed by atoms with Crippen LogP contribution in [0.4, 0.5) is 11.6 Å². The Bertz CT molecular complexity index is 1680. The Morgan fingerprint density at radius 1 is 0.558 bits per heavy atom. The molecule has 214 valence electrons. The summed E-state index contributed by atoms with van der Waals surface area (Å²) in [5.74, 6) is 0.0393. The van der Waals surface area contributed by atoms with Crippen LogP contribution in [0.5, 0.6) is 0 Å². The molecular formula is C35H32N4O2PS+. The van der Waals surface area contributed by atoms with Gasteiger partial charge in [0.25, 0.3) is 10.0 Å². The van der Waals surface area contributed by atoms with Crippen LogP contribution in [0.15, 0.2) is 163 Å². The number of hydrogen-bond donors (Lipinski definition) is 2. The van der Waals surface area contributed by atoms with Gasteiger partial charge in [-0.25, -0.2) is 23.1 Å². The molecule has 0 bridgehead atoms. The fourth-order valence-corrected chi connectivity index (χ4v) is 10.00. The van der Waals surface area contributed by atoms with Gasteiger partial charge in [-0.3, -0.25) is 0 Å². The smallest absolute Gasteiger partial charge is 0.264 e. The fourth-order valence-electron chi connectivity index (χ4n) is 4.77. The molecule has 1 aromatic heterocycles. The van der Waals surface area contributed by atoms with Crippen molar-refractivity contribution in [2.24, 2.45) is 0 Å². The van der Waals surface area contributed by atoms with E-state index in [0.717, 1.165) is 5.56 Å². The minimum absolute atomic E-state index is 0.0393. The van der Waals surface area contributed by atoms with Gasteiger partial charge < -0.3 is 5.73 Å². The summed E-state index contributed by atoms with van der Waals surface area (Å²) in [5, 5.41) is 5.55. The van der Waals surface area contributed by atoms with Crippen molar-refractivity contribution in [2.75, 3.05) is 10.5 Å². The van der Waals surface area contributed by atoms with Crippen molar-refractivity contribution in [3.63, 3.8) is 0 Å². The number of hydrogen-bond acceptors (Lipinski definition) is 5. The molecule has 0 aliphatic heterocycles. The van der Waals surface area contributed by atoms with Gasteiger partial charge in [-0.05, 0) is 85.3 Å². The highest BCUT2D eigenvalue weighted by Gasteiger charge is 2.47. The first kappa shape index (κ1) is 29.6. The van der Waals surface area contributed by atoms with Crippen LogP contribution in [0.25, 0.3) is 0 Å². The highest BCUT2D eigenvalue weighted by Crippen LogP contribution is 2.53. The van der Waals surface area contributed by atoms with E-state index in [1.54, 1.807) is 0 Å². The van der Waals surface area contributed by atoms with Crippen LogP contribution in [0.3, 0.4) is 0 Å². The number of sulfonamides is 1. The van der Waals surface area contributed by atoms with Gasteiger partial charge in [0.2, 0.25) is 5.95 Å². The number of benzene rings is 5. The number of nitrogens with two attached hydrogens (primary N) is 1. The number of aryl methyl sites for hydroxylation is 1. The zero-order chi connectivity index (χ0) is 30.1. The predicted octanol–water partition coefficient (Wildman–Crippen LogP) is 5.47. The van der Waals surface area contributed by atoms with E-state index in [4.69, 9.17) is 5.73 Å². The molecule has 0 aliphatic carbocycles. The lowest BCUT2D eigenvalue weighted by Crippen LogP contribution is -2.38. The number of rotatable bonds is 7. The van der Waals surface area contributed by atoms with E-state index >= 15 is 0 Å². The molecule has 6 aromatic rings. The Balaban J connectivity index is 0.000000181. The third-order valence-electron chi connectivity index (χ3n) is 6.77. The van der Waals surface area contributed by atoms with Gasteiger partial charge in [0.15, 0.2) is 0 Å². The van der Waals surface area contributed by atoms with Crippen molar-refractivity contribution in [1.82, 2.24) is 9.97 Å². The maximum Gasteiger partial charge on any atom is 0.264 e. The largest absolute Gasteiger partial charge is 0.399 e. The summed E-state index contributed by atoms with van der Waals surface area (Å²) >= 11 is 0. The molecule has 1 heterocycles. The third kappa shape index (κ3) is 6.81. The predicted molar refractivity (Wildman–Crippen MR) is 180 cm³/mol. The number of nitrogens with one attached hydrogen (secondary N) is 1. The number of anilines is 2.